The van der Waals surface area contributed by atoms with Crippen molar-refractivity contribution in [3.05, 3.63) is 46.3 Å². The maximum absolute atomic E-state index is 12.3. The van der Waals surface area contributed by atoms with Gasteiger partial charge in [0.25, 0.3) is 5.56 Å². The van der Waals surface area contributed by atoms with Crippen LogP contribution >= 0.6 is 0 Å². The summed E-state index contributed by atoms with van der Waals surface area (Å²) in [5.74, 6) is 2.73. The van der Waals surface area contributed by atoms with E-state index in [-0.39, 0.29) is 17.6 Å². The fourth-order valence-electron chi connectivity index (χ4n) is 3.38. The number of nitrogens with zero attached hydrogens (tertiary/aromatic N) is 4. The van der Waals surface area contributed by atoms with Crippen molar-refractivity contribution >= 4 is 5.82 Å². The highest BCUT2D eigenvalue weighted by molar-refractivity contribution is 5.36. The first-order valence-electron chi connectivity index (χ1n) is 9.05. The number of nitrogens with one attached hydrogen (secondary N) is 1. The van der Waals surface area contributed by atoms with Crippen molar-refractivity contribution in [3.8, 4) is 0 Å². The van der Waals surface area contributed by atoms with Crippen LogP contribution in [0.5, 0.6) is 0 Å². The van der Waals surface area contributed by atoms with Crippen molar-refractivity contribution in [2.45, 2.75) is 49.6 Å². The van der Waals surface area contributed by atoms with Crippen LogP contribution in [0.3, 0.4) is 0 Å². The molecule has 2 aliphatic carbocycles. The number of ether oxygens (including phenoxy) is 1. The van der Waals surface area contributed by atoms with Gasteiger partial charge in [-0.15, -0.1) is 0 Å². The maximum Gasteiger partial charge on any atom is 0.267 e. The Kier molecular flexibility index (Phi) is 3.55. The molecule has 1 aliphatic heterocycles. The van der Waals surface area contributed by atoms with Crippen molar-refractivity contribution in [2.24, 2.45) is 0 Å². The number of hydrogen-bond donors (Lipinski definition) is 1. The summed E-state index contributed by atoms with van der Waals surface area (Å²) in [6.07, 6.45) is 6.47. The monoisotopic (exact) mass is 339 g/mol. The highest BCUT2D eigenvalue weighted by Crippen LogP contribution is 2.39. The van der Waals surface area contributed by atoms with Crippen LogP contribution in [-0.4, -0.2) is 39.0 Å². The molecule has 2 atom stereocenters. The van der Waals surface area contributed by atoms with E-state index in [1.54, 1.807) is 16.9 Å². The van der Waals surface area contributed by atoms with Crippen LogP contribution in [0, 0.1) is 0 Å². The number of aromatic nitrogens is 4. The smallest absolute Gasteiger partial charge is 0.267 e. The third-order valence-corrected chi connectivity index (χ3v) is 5.16. The van der Waals surface area contributed by atoms with E-state index in [1.807, 2.05) is 12.1 Å². The molecule has 3 aliphatic rings. The third-order valence-electron chi connectivity index (χ3n) is 5.16. The van der Waals surface area contributed by atoms with E-state index in [2.05, 4.69) is 20.4 Å². The molecule has 2 saturated carbocycles. The van der Waals surface area contributed by atoms with Gasteiger partial charge in [-0.05, 0) is 37.8 Å². The summed E-state index contributed by atoms with van der Waals surface area (Å²) in [7, 11) is 0. The Labute approximate surface area is 145 Å². The van der Waals surface area contributed by atoms with E-state index in [9.17, 15) is 4.79 Å². The zero-order valence-electron chi connectivity index (χ0n) is 14.0. The molecule has 3 heterocycles. The van der Waals surface area contributed by atoms with Gasteiger partial charge in [0.1, 0.15) is 17.7 Å². The van der Waals surface area contributed by atoms with Gasteiger partial charge in [-0.25, -0.2) is 14.6 Å². The Bertz CT molecular complexity index is 843. The molecule has 2 aromatic heterocycles. The first-order chi connectivity index (χ1) is 12.3. The first-order valence-corrected chi connectivity index (χ1v) is 9.05. The van der Waals surface area contributed by atoms with Gasteiger partial charge in [-0.3, -0.25) is 4.79 Å². The normalized spacial score (nSPS) is 25.9. The van der Waals surface area contributed by atoms with Crippen molar-refractivity contribution in [2.75, 3.05) is 18.5 Å². The Hall–Kier alpha value is -2.28. The van der Waals surface area contributed by atoms with Crippen molar-refractivity contribution in [1.29, 1.82) is 0 Å². The topological polar surface area (TPSA) is 81.9 Å². The van der Waals surface area contributed by atoms with E-state index >= 15 is 0 Å². The van der Waals surface area contributed by atoms with Gasteiger partial charge in [-0.1, -0.05) is 0 Å². The highest BCUT2D eigenvalue weighted by atomic mass is 16.5. The lowest BCUT2D eigenvalue weighted by Crippen LogP contribution is -2.37. The van der Waals surface area contributed by atoms with Gasteiger partial charge in [0.2, 0.25) is 0 Å². The summed E-state index contributed by atoms with van der Waals surface area (Å²) in [5, 5.41) is 8.04. The summed E-state index contributed by atoms with van der Waals surface area (Å²) < 4.78 is 7.25. The van der Waals surface area contributed by atoms with Crippen LogP contribution in [0.25, 0.3) is 0 Å². The minimum absolute atomic E-state index is 0.0263. The molecule has 1 saturated heterocycles. The molecule has 0 spiro atoms. The largest absolute Gasteiger partial charge is 0.377 e. The molecule has 0 amide bonds. The summed E-state index contributed by atoms with van der Waals surface area (Å²) in [4.78, 5) is 21.3. The van der Waals surface area contributed by atoms with E-state index < -0.39 is 0 Å². The average molecular weight is 339 g/mol. The predicted octanol–water partition coefficient (Wildman–Crippen LogP) is 1.84. The Balaban J connectivity index is 1.39. The van der Waals surface area contributed by atoms with Crippen LogP contribution in [0.2, 0.25) is 0 Å². The van der Waals surface area contributed by atoms with Gasteiger partial charge in [0.15, 0.2) is 0 Å². The Morgan fingerprint density at radius 1 is 1.08 bits per heavy atom. The van der Waals surface area contributed by atoms with Crippen molar-refractivity contribution in [3.63, 3.8) is 0 Å². The van der Waals surface area contributed by atoms with Gasteiger partial charge in [0.05, 0.1) is 24.9 Å². The molecule has 5 rings (SSSR count). The Morgan fingerprint density at radius 2 is 1.92 bits per heavy atom. The molecule has 130 valence electrons. The van der Waals surface area contributed by atoms with Gasteiger partial charge < -0.3 is 10.1 Å². The predicted molar refractivity (Wildman–Crippen MR) is 91.7 cm³/mol. The minimum atomic E-state index is -0.120. The molecule has 0 aromatic carbocycles. The summed E-state index contributed by atoms with van der Waals surface area (Å²) in [6, 6.07) is 5.22. The van der Waals surface area contributed by atoms with Gasteiger partial charge in [0, 0.05) is 24.1 Å². The lowest BCUT2D eigenvalue weighted by molar-refractivity contribution is 0.182. The first kappa shape index (κ1) is 15.0. The lowest BCUT2D eigenvalue weighted by Gasteiger charge is -2.21. The number of rotatable bonds is 5. The second-order valence-corrected chi connectivity index (χ2v) is 7.25. The average Bonchev–Trinajstić information content (AvgIpc) is 3.53. The molecule has 0 bridgehead atoms. The third kappa shape index (κ3) is 3.04. The zero-order chi connectivity index (χ0) is 16.8. The maximum atomic E-state index is 12.3. The molecule has 2 unspecified atom stereocenters. The molecular formula is C18H21N5O2. The summed E-state index contributed by atoms with van der Waals surface area (Å²) in [5.41, 5.74) is 0.941. The van der Waals surface area contributed by atoms with Crippen molar-refractivity contribution in [1.82, 2.24) is 19.7 Å². The zero-order valence-corrected chi connectivity index (χ0v) is 14.0. The molecule has 3 fully saturated rings. The van der Waals surface area contributed by atoms with E-state index in [4.69, 9.17) is 4.74 Å². The Morgan fingerprint density at radius 3 is 2.72 bits per heavy atom. The molecule has 7 heteroatoms. The second kappa shape index (κ2) is 5.91. The summed E-state index contributed by atoms with van der Waals surface area (Å²) >= 11 is 0. The van der Waals surface area contributed by atoms with Gasteiger partial charge in [-0.2, -0.15) is 5.10 Å². The quantitative estimate of drug-likeness (QED) is 0.895. The molecular weight excluding hydrogens is 318 g/mol. The van der Waals surface area contributed by atoms with Crippen molar-refractivity contribution < 1.29 is 4.74 Å². The van der Waals surface area contributed by atoms with Crippen LogP contribution in [0.4, 0.5) is 5.82 Å². The highest BCUT2D eigenvalue weighted by Gasteiger charge is 2.33. The molecule has 2 aromatic rings. The molecule has 0 radical (unpaired) electrons. The van der Waals surface area contributed by atoms with E-state index in [0.717, 1.165) is 17.3 Å². The van der Waals surface area contributed by atoms with Crippen LogP contribution in [-0.2, 0) is 4.74 Å². The van der Waals surface area contributed by atoms with E-state index in [0.29, 0.717) is 25.0 Å². The second-order valence-electron chi connectivity index (χ2n) is 7.25. The van der Waals surface area contributed by atoms with Crippen LogP contribution < -0.4 is 10.9 Å². The fraction of sp³-hybridized carbons (Fsp3) is 0.556. The van der Waals surface area contributed by atoms with Gasteiger partial charge >= 0.3 is 0 Å². The lowest BCUT2D eigenvalue weighted by atomic mass is 10.1. The minimum Gasteiger partial charge on any atom is -0.377 e. The fourth-order valence-corrected chi connectivity index (χ4v) is 3.38. The SMILES string of the molecule is O=c1ccc(C2CC2)nn1C1COCC1Nc1ccnc(C2CC2)n1. The number of hydrogen-bond acceptors (Lipinski definition) is 6. The number of anilines is 1. The standard InChI is InChI=1S/C18H21N5O2/c24-17-6-5-13(11-1-2-11)22-23(17)15-10-25-9-14(15)20-16-7-8-19-18(21-16)12-3-4-12/h5-8,11-12,14-15H,1-4,9-10H2,(H,19,20,21). The summed E-state index contributed by atoms with van der Waals surface area (Å²) in [6.45, 7) is 1.02. The molecule has 1 N–H and O–H groups in total. The van der Waals surface area contributed by atoms with E-state index in [1.165, 1.54) is 25.7 Å². The van der Waals surface area contributed by atoms with Crippen LogP contribution in [0.1, 0.15) is 55.1 Å². The van der Waals surface area contributed by atoms with Crippen LogP contribution in [0.15, 0.2) is 29.2 Å². The molecule has 25 heavy (non-hydrogen) atoms. The molecule has 7 nitrogen and oxygen atoms in total.